The quantitative estimate of drug-likeness (QED) is 0.556. The number of carbonyl (C=O) groups excluding carboxylic acids is 2. The molecule has 29 heavy (non-hydrogen) atoms. The standard InChI is InChI=1S/C24H27NO4/c1-28-20-10-6-9-18(13-20)16-25-19-11-12-21(25)24(22(26)14-19,23(27)29-2)15-17-7-4-3-5-8-17/h3-10,13,19,21H,11-12,14-16H2,1-2H3/t19-,21-,24+/m1/s1. The summed E-state index contributed by atoms with van der Waals surface area (Å²) in [6.07, 6.45) is 2.52. The second-order valence-electron chi connectivity index (χ2n) is 8.02. The Morgan fingerprint density at radius 3 is 2.55 bits per heavy atom. The van der Waals surface area contributed by atoms with Gasteiger partial charge >= 0.3 is 5.97 Å². The van der Waals surface area contributed by atoms with Crippen molar-refractivity contribution in [3.63, 3.8) is 0 Å². The van der Waals surface area contributed by atoms with Gasteiger partial charge in [-0.25, -0.2) is 0 Å². The van der Waals surface area contributed by atoms with E-state index in [2.05, 4.69) is 11.0 Å². The lowest BCUT2D eigenvalue weighted by Crippen LogP contribution is -2.61. The molecule has 5 nitrogen and oxygen atoms in total. The highest BCUT2D eigenvalue weighted by Gasteiger charge is 2.61. The summed E-state index contributed by atoms with van der Waals surface area (Å²) in [5.41, 5.74) is 0.953. The molecule has 0 aromatic heterocycles. The lowest BCUT2D eigenvalue weighted by Gasteiger charge is -2.45. The number of nitrogens with zero attached hydrogens (tertiary/aromatic N) is 1. The first-order valence-corrected chi connectivity index (χ1v) is 10.1. The minimum Gasteiger partial charge on any atom is -0.497 e. The number of carbonyl (C=O) groups is 2. The Morgan fingerprint density at radius 1 is 1.07 bits per heavy atom. The molecule has 3 atom stereocenters. The fourth-order valence-electron chi connectivity index (χ4n) is 5.13. The highest BCUT2D eigenvalue weighted by molar-refractivity contribution is 6.06. The number of ether oxygens (including phenoxy) is 2. The van der Waals surface area contributed by atoms with Crippen LogP contribution in [0.2, 0.25) is 0 Å². The third kappa shape index (κ3) is 3.44. The molecule has 5 heteroatoms. The summed E-state index contributed by atoms with van der Waals surface area (Å²) in [6.45, 7) is 0.688. The molecule has 2 aromatic carbocycles. The number of Topliss-reactive ketones (excluding diaryl/α,β-unsaturated/α-hetero) is 1. The molecular formula is C24H27NO4. The van der Waals surface area contributed by atoms with Gasteiger partial charge in [-0.3, -0.25) is 14.5 Å². The van der Waals surface area contributed by atoms with Crippen LogP contribution >= 0.6 is 0 Å². The SMILES string of the molecule is COC(=O)[C@]1(Cc2ccccc2)C(=O)C[C@H]2CC[C@H]1N2Cc1cccc(OC)c1. The van der Waals surface area contributed by atoms with Crippen molar-refractivity contribution in [1.29, 1.82) is 0 Å². The summed E-state index contributed by atoms with van der Waals surface area (Å²) in [6, 6.07) is 17.8. The average Bonchev–Trinajstić information content (AvgIpc) is 3.07. The van der Waals surface area contributed by atoms with E-state index in [0.717, 1.165) is 29.7 Å². The van der Waals surface area contributed by atoms with Gasteiger partial charge in [0.1, 0.15) is 11.2 Å². The lowest BCUT2D eigenvalue weighted by molar-refractivity contribution is -0.167. The van der Waals surface area contributed by atoms with E-state index in [0.29, 0.717) is 19.4 Å². The zero-order chi connectivity index (χ0) is 20.4. The highest BCUT2D eigenvalue weighted by atomic mass is 16.5. The number of benzene rings is 2. The third-order valence-corrected chi connectivity index (χ3v) is 6.50. The van der Waals surface area contributed by atoms with Crippen LogP contribution < -0.4 is 4.74 Å². The predicted molar refractivity (Wildman–Crippen MR) is 110 cm³/mol. The van der Waals surface area contributed by atoms with Gasteiger partial charge in [0.15, 0.2) is 5.78 Å². The number of fused-ring (bicyclic) bond motifs is 2. The summed E-state index contributed by atoms with van der Waals surface area (Å²) < 4.78 is 10.6. The number of ketones is 1. The first-order valence-electron chi connectivity index (χ1n) is 10.1. The molecular weight excluding hydrogens is 366 g/mol. The summed E-state index contributed by atoms with van der Waals surface area (Å²) in [4.78, 5) is 28.8. The topological polar surface area (TPSA) is 55.8 Å². The fourth-order valence-corrected chi connectivity index (χ4v) is 5.13. The van der Waals surface area contributed by atoms with Crippen molar-refractivity contribution < 1.29 is 19.1 Å². The van der Waals surface area contributed by atoms with Crippen molar-refractivity contribution in [3.05, 3.63) is 65.7 Å². The maximum Gasteiger partial charge on any atom is 0.321 e. The van der Waals surface area contributed by atoms with Crippen LogP contribution in [0.15, 0.2) is 54.6 Å². The number of piperidine rings is 1. The molecule has 0 unspecified atom stereocenters. The number of hydrogen-bond acceptors (Lipinski definition) is 5. The van der Waals surface area contributed by atoms with E-state index in [1.165, 1.54) is 7.11 Å². The first kappa shape index (κ1) is 19.6. The number of esters is 1. The summed E-state index contributed by atoms with van der Waals surface area (Å²) in [5.74, 6) is 0.418. The van der Waals surface area contributed by atoms with Crippen LogP contribution in [0.4, 0.5) is 0 Å². The zero-order valence-electron chi connectivity index (χ0n) is 17.0. The van der Waals surface area contributed by atoms with E-state index in [-0.39, 0.29) is 17.9 Å². The molecule has 0 saturated carbocycles. The van der Waals surface area contributed by atoms with Gasteiger partial charge in [-0.05, 0) is 42.5 Å². The molecule has 0 spiro atoms. The summed E-state index contributed by atoms with van der Waals surface area (Å²) >= 11 is 0. The van der Waals surface area contributed by atoms with E-state index >= 15 is 0 Å². The van der Waals surface area contributed by atoms with Crippen LogP contribution in [0.5, 0.6) is 5.75 Å². The Morgan fingerprint density at radius 2 is 1.83 bits per heavy atom. The Balaban J connectivity index is 1.70. The van der Waals surface area contributed by atoms with Crippen LogP contribution in [0.25, 0.3) is 0 Å². The van der Waals surface area contributed by atoms with Gasteiger partial charge < -0.3 is 9.47 Å². The second kappa shape index (κ2) is 7.99. The molecule has 2 aliphatic rings. The van der Waals surface area contributed by atoms with E-state index in [1.54, 1.807) is 7.11 Å². The van der Waals surface area contributed by atoms with E-state index < -0.39 is 11.4 Å². The molecule has 2 saturated heterocycles. The van der Waals surface area contributed by atoms with E-state index in [9.17, 15) is 9.59 Å². The van der Waals surface area contributed by atoms with Crippen LogP contribution in [0, 0.1) is 5.41 Å². The summed E-state index contributed by atoms with van der Waals surface area (Å²) in [5, 5.41) is 0. The molecule has 2 heterocycles. The largest absolute Gasteiger partial charge is 0.497 e. The van der Waals surface area contributed by atoms with Gasteiger partial charge in [0.2, 0.25) is 0 Å². The molecule has 2 aromatic rings. The van der Waals surface area contributed by atoms with Crippen LogP contribution in [0.1, 0.15) is 30.4 Å². The molecule has 0 radical (unpaired) electrons. The van der Waals surface area contributed by atoms with Crippen molar-refractivity contribution in [2.45, 2.75) is 44.3 Å². The molecule has 0 aliphatic carbocycles. The van der Waals surface area contributed by atoms with E-state index in [4.69, 9.17) is 9.47 Å². The first-order chi connectivity index (χ1) is 14.1. The predicted octanol–water partition coefficient (Wildman–Crippen LogP) is 3.40. The molecule has 2 bridgehead atoms. The molecule has 0 N–H and O–H groups in total. The normalized spacial score (nSPS) is 26.3. The Labute approximate surface area is 171 Å². The van der Waals surface area contributed by atoms with Gasteiger partial charge in [-0.1, -0.05) is 42.5 Å². The van der Waals surface area contributed by atoms with Crippen molar-refractivity contribution in [3.8, 4) is 5.75 Å². The van der Waals surface area contributed by atoms with Crippen molar-refractivity contribution in [2.24, 2.45) is 5.41 Å². The zero-order valence-corrected chi connectivity index (χ0v) is 17.0. The monoisotopic (exact) mass is 393 g/mol. The lowest BCUT2D eigenvalue weighted by atomic mass is 9.68. The molecule has 152 valence electrons. The van der Waals surface area contributed by atoms with Gasteiger partial charge in [-0.15, -0.1) is 0 Å². The van der Waals surface area contributed by atoms with Gasteiger partial charge in [0.05, 0.1) is 14.2 Å². The number of hydrogen-bond donors (Lipinski definition) is 0. The number of methoxy groups -OCH3 is 2. The molecule has 2 fully saturated rings. The minimum atomic E-state index is -1.15. The highest BCUT2D eigenvalue weighted by Crippen LogP contribution is 2.48. The molecule has 0 amide bonds. The smallest absolute Gasteiger partial charge is 0.321 e. The Bertz CT molecular complexity index is 897. The van der Waals surface area contributed by atoms with Gasteiger partial charge in [0.25, 0.3) is 0 Å². The maximum absolute atomic E-state index is 13.3. The van der Waals surface area contributed by atoms with Crippen LogP contribution in [0.3, 0.4) is 0 Å². The van der Waals surface area contributed by atoms with Crippen LogP contribution in [-0.2, 0) is 27.3 Å². The second-order valence-corrected chi connectivity index (χ2v) is 8.02. The van der Waals surface area contributed by atoms with Crippen molar-refractivity contribution in [2.75, 3.05) is 14.2 Å². The fraction of sp³-hybridized carbons (Fsp3) is 0.417. The minimum absolute atomic E-state index is 0.0163. The summed E-state index contributed by atoms with van der Waals surface area (Å²) in [7, 11) is 3.04. The van der Waals surface area contributed by atoms with E-state index in [1.807, 2.05) is 48.5 Å². The number of rotatable bonds is 6. The average molecular weight is 393 g/mol. The Hall–Kier alpha value is -2.66. The van der Waals surface area contributed by atoms with Gasteiger partial charge in [-0.2, -0.15) is 0 Å². The van der Waals surface area contributed by atoms with Crippen LogP contribution in [-0.4, -0.2) is 43.0 Å². The molecule has 2 aliphatic heterocycles. The van der Waals surface area contributed by atoms with Gasteiger partial charge in [0, 0.05) is 25.0 Å². The third-order valence-electron chi connectivity index (χ3n) is 6.50. The molecule has 4 rings (SSSR count). The van der Waals surface area contributed by atoms with Crippen molar-refractivity contribution >= 4 is 11.8 Å². The maximum atomic E-state index is 13.3. The van der Waals surface area contributed by atoms with Crippen molar-refractivity contribution in [1.82, 2.24) is 4.90 Å². The Kier molecular flexibility index (Phi) is 5.41.